The van der Waals surface area contributed by atoms with Crippen molar-refractivity contribution in [3.05, 3.63) is 47.0 Å². The smallest absolute Gasteiger partial charge is 0.258 e. The summed E-state index contributed by atoms with van der Waals surface area (Å²) in [4.78, 5) is 19.1. The number of aromatic nitrogens is 2. The van der Waals surface area contributed by atoms with Gasteiger partial charge in [-0.3, -0.25) is 4.79 Å². The molecule has 112 valence electrons. The topological polar surface area (TPSA) is 67.0 Å². The van der Waals surface area contributed by atoms with Crippen LogP contribution in [0.1, 0.15) is 30.8 Å². The van der Waals surface area contributed by atoms with E-state index in [2.05, 4.69) is 15.3 Å². The van der Waals surface area contributed by atoms with Gasteiger partial charge in [0.1, 0.15) is 11.6 Å². The van der Waals surface area contributed by atoms with E-state index in [0.717, 1.165) is 17.8 Å². The Hall–Kier alpha value is -2.01. The fraction of sp³-hybridized carbons (Fsp3) is 0.333. The summed E-state index contributed by atoms with van der Waals surface area (Å²) in [6.45, 7) is 3.83. The number of aromatic amines is 1. The molecule has 0 radical (unpaired) electrons. The molecule has 0 bridgehead atoms. The molecule has 0 aliphatic rings. The molecule has 1 aromatic carbocycles. The first-order valence-corrected chi connectivity index (χ1v) is 7.15. The van der Waals surface area contributed by atoms with Gasteiger partial charge >= 0.3 is 0 Å². The lowest BCUT2D eigenvalue weighted by molar-refractivity contribution is -0.123. The minimum Gasteiger partial charge on any atom is -0.484 e. The van der Waals surface area contributed by atoms with Crippen molar-refractivity contribution >= 4 is 17.5 Å². The summed E-state index contributed by atoms with van der Waals surface area (Å²) in [5, 5.41) is 3.53. The van der Waals surface area contributed by atoms with Gasteiger partial charge in [-0.15, -0.1) is 0 Å². The number of amides is 1. The van der Waals surface area contributed by atoms with Crippen LogP contribution in [0.5, 0.6) is 5.75 Å². The van der Waals surface area contributed by atoms with Crippen LogP contribution in [0.4, 0.5) is 0 Å². The molecule has 5 nitrogen and oxygen atoms in total. The zero-order valence-corrected chi connectivity index (χ0v) is 12.8. The molecule has 0 saturated carbocycles. The van der Waals surface area contributed by atoms with E-state index in [0.29, 0.717) is 10.8 Å². The quantitative estimate of drug-likeness (QED) is 0.862. The lowest BCUT2D eigenvalue weighted by atomic mass is 10.2. The fourth-order valence-corrected chi connectivity index (χ4v) is 2.21. The van der Waals surface area contributed by atoms with E-state index in [1.807, 2.05) is 13.8 Å². The molecule has 6 heteroatoms. The number of rotatable bonds is 6. The van der Waals surface area contributed by atoms with Crippen molar-refractivity contribution in [2.24, 2.45) is 0 Å². The Morgan fingerprint density at radius 2 is 2.33 bits per heavy atom. The first kappa shape index (κ1) is 15.4. The van der Waals surface area contributed by atoms with Crippen molar-refractivity contribution in [3.8, 4) is 5.75 Å². The highest BCUT2D eigenvalue weighted by molar-refractivity contribution is 6.30. The number of hydrogen-bond donors (Lipinski definition) is 2. The van der Waals surface area contributed by atoms with Crippen molar-refractivity contribution in [1.82, 2.24) is 15.3 Å². The van der Waals surface area contributed by atoms with Crippen LogP contribution in [0.3, 0.4) is 0 Å². The highest BCUT2D eigenvalue weighted by atomic mass is 35.5. The zero-order valence-electron chi connectivity index (χ0n) is 12.0. The third-order valence-electron chi connectivity index (χ3n) is 3.09. The van der Waals surface area contributed by atoms with Crippen molar-refractivity contribution in [1.29, 1.82) is 0 Å². The van der Waals surface area contributed by atoms with E-state index < -0.39 is 0 Å². The van der Waals surface area contributed by atoms with Crippen LogP contribution >= 0.6 is 11.6 Å². The number of hydrogen-bond acceptors (Lipinski definition) is 3. The maximum absolute atomic E-state index is 12.0. The van der Waals surface area contributed by atoms with Gasteiger partial charge in [0.2, 0.25) is 0 Å². The van der Waals surface area contributed by atoms with E-state index >= 15 is 0 Å². The molecule has 2 N–H and O–H groups in total. The molecule has 0 aliphatic carbocycles. The number of halogens is 1. The van der Waals surface area contributed by atoms with Crippen LogP contribution in [0, 0.1) is 6.92 Å². The average Bonchev–Trinajstić information content (AvgIpc) is 2.98. The van der Waals surface area contributed by atoms with E-state index in [1.54, 1.807) is 30.6 Å². The average molecular weight is 308 g/mol. The summed E-state index contributed by atoms with van der Waals surface area (Å²) in [5.74, 6) is 1.21. The molecule has 1 unspecified atom stereocenters. The predicted octanol–water partition coefficient (Wildman–Crippen LogP) is 3.02. The minimum absolute atomic E-state index is 0.0420. The Morgan fingerprint density at radius 1 is 1.52 bits per heavy atom. The van der Waals surface area contributed by atoms with Gasteiger partial charge in [0.05, 0.1) is 6.04 Å². The Balaban J connectivity index is 1.89. The third kappa shape index (κ3) is 4.23. The number of nitrogens with zero attached hydrogens (tertiary/aromatic N) is 1. The number of imidazole rings is 1. The van der Waals surface area contributed by atoms with Crippen LogP contribution in [0.2, 0.25) is 5.02 Å². The van der Waals surface area contributed by atoms with E-state index in [1.165, 1.54) is 0 Å². The molecule has 1 aromatic heterocycles. The largest absolute Gasteiger partial charge is 0.484 e. The van der Waals surface area contributed by atoms with Gasteiger partial charge in [0, 0.05) is 17.4 Å². The van der Waals surface area contributed by atoms with Gasteiger partial charge in [-0.25, -0.2) is 4.98 Å². The lowest BCUT2D eigenvalue weighted by Gasteiger charge is -2.15. The maximum atomic E-state index is 12.0. The highest BCUT2D eigenvalue weighted by Crippen LogP contribution is 2.21. The molecular formula is C15H18ClN3O2. The fourth-order valence-electron chi connectivity index (χ4n) is 1.99. The molecule has 1 amide bonds. The van der Waals surface area contributed by atoms with Gasteiger partial charge in [-0.1, -0.05) is 18.5 Å². The highest BCUT2D eigenvalue weighted by Gasteiger charge is 2.15. The van der Waals surface area contributed by atoms with Crippen molar-refractivity contribution in [3.63, 3.8) is 0 Å². The SMILES string of the molecule is CCC(NC(=O)COc1ccc(Cl)cc1C)c1ncc[nH]1. The van der Waals surface area contributed by atoms with Crippen LogP contribution in [-0.4, -0.2) is 22.5 Å². The second-order valence-corrected chi connectivity index (χ2v) is 5.14. The summed E-state index contributed by atoms with van der Waals surface area (Å²) in [5.41, 5.74) is 0.897. The minimum atomic E-state index is -0.187. The maximum Gasteiger partial charge on any atom is 0.258 e. The van der Waals surface area contributed by atoms with E-state index in [4.69, 9.17) is 16.3 Å². The van der Waals surface area contributed by atoms with Gasteiger partial charge in [-0.05, 0) is 37.1 Å². The van der Waals surface area contributed by atoms with Crippen molar-refractivity contribution in [2.45, 2.75) is 26.3 Å². The molecule has 2 rings (SSSR count). The third-order valence-corrected chi connectivity index (χ3v) is 3.32. The van der Waals surface area contributed by atoms with Gasteiger partial charge in [0.25, 0.3) is 5.91 Å². The molecule has 1 atom stereocenters. The van der Waals surface area contributed by atoms with Crippen LogP contribution in [0.15, 0.2) is 30.6 Å². The second kappa shape index (κ2) is 7.13. The van der Waals surface area contributed by atoms with Crippen molar-refractivity contribution in [2.75, 3.05) is 6.61 Å². The number of nitrogens with one attached hydrogen (secondary N) is 2. The summed E-state index contributed by atoms with van der Waals surface area (Å²) >= 11 is 5.88. The first-order valence-electron chi connectivity index (χ1n) is 6.77. The summed E-state index contributed by atoms with van der Waals surface area (Å²) in [6.07, 6.45) is 4.15. The number of aryl methyl sites for hydroxylation is 1. The number of ether oxygens (including phenoxy) is 1. The summed E-state index contributed by atoms with van der Waals surface area (Å²) in [6, 6.07) is 5.16. The predicted molar refractivity (Wildman–Crippen MR) is 81.4 cm³/mol. The van der Waals surface area contributed by atoms with Crippen LogP contribution in [-0.2, 0) is 4.79 Å². The zero-order chi connectivity index (χ0) is 15.2. The monoisotopic (exact) mass is 307 g/mol. The Morgan fingerprint density at radius 3 is 2.95 bits per heavy atom. The number of carbonyl (C=O) groups excluding carboxylic acids is 1. The molecule has 1 heterocycles. The van der Waals surface area contributed by atoms with Crippen LogP contribution < -0.4 is 10.1 Å². The Labute approximate surface area is 128 Å². The molecule has 21 heavy (non-hydrogen) atoms. The second-order valence-electron chi connectivity index (χ2n) is 4.70. The lowest BCUT2D eigenvalue weighted by Crippen LogP contribution is -2.33. The Bertz CT molecular complexity index is 599. The van der Waals surface area contributed by atoms with Gasteiger partial charge < -0.3 is 15.0 Å². The molecular weight excluding hydrogens is 290 g/mol. The summed E-state index contributed by atoms with van der Waals surface area (Å²) < 4.78 is 5.52. The van der Waals surface area contributed by atoms with E-state index in [-0.39, 0.29) is 18.6 Å². The number of H-pyrrole nitrogens is 1. The van der Waals surface area contributed by atoms with Gasteiger partial charge in [0.15, 0.2) is 6.61 Å². The number of benzene rings is 1. The van der Waals surface area contributed by atoms with Crippen LogP contribution in [0.25, 0.3) is 0 Å². The molecule has 0 spiro atoms. The standard InChI is InChI=1S/C15H18ClN3O2/c1-3-12(15-17-6-7-18-15)19-14(20)9-21-13-5-4-11(16)8-10(13)2/h4-8,12H,3,9H2,1-2H3,(H,17,18)(H,19,20). The molecule has 0 fully saturated rings. The summed E-state index contributed by atoms with van der Waals surface area (Å²) in [7, 11) is 0. The first-order chi connectivity index (χ1) is 10.1. The van der Waals surface area contributed by atoms with Gasteiger partial charge in [-0.2, -0.15) is 0 Å². The normalized spacial score (nSPS) is 12.0. The Kier molecular flexibility index (Phi) is 5.22. The molecule has 0 saturated heterocycles. The van der Waals surface area contributed by atoms with Crippen molar-refractivity contribution < 1.29 is 9.53 Å². The molecule has 0 aliphatic heterocycles. The number of carbonyl (C=O) groups is 1. The van der Waals surface area contributed by atoms with E-state index in [9.17, 15) is 4.79 Å². The molecule has 2 aromatic rings.